The number of hydrogen-bond donors (Lipinski definition) is 7. The fourth-order valence-corrected chi connectivity index (χ4v) is 3.46. The zero-order valence-electron chi connectivity index (χ0n) is 19.9. The molecule has 0 saturated carbocycles. The third-order valence-corrected chi connectivity index (χ3v) is 5.39. The normalized spacial score (nSPS) is 13.0. The van der Waals surface area contributed by atoms with Crippen LogP contribution >= 0.6 is 0 Å². The highest BCUT2D eigenvalue weighted by Crippen LogP contribution is 2.12. The zero-order valence-corrected chi connectivity index (χ0v) is 19.9. The highest BCUT2D eigenvalue weighted by atomic mass is 16.4. The molecule has 12 nitrogen and oxygen atoms in total. The number of amides is 3. The lowest BCUT2D eigenvalue weighted by molar-refractivity contribution is -0.143. The molecule has 3 atom stereocenters. The Morgan fingerprint density at radius 3 is 1.76 bits per heavy atom. The highest BCUT2D eigenvalue weighted by Gasteiger charge is 2.30. The molecule has 0 fully saturated rings. The number of benzene rings is 2. The number of nitrogens with two attached hydrogens (primary N) is 1. The van der Waals surface area contributed by atoms with Gasteiger partial charge in [-0.2, -0.15) is 0 Å². The van der Waals surface area contributed by atoms with E-state index in [1.165, 1.54) is 12.1 Å². The Labute approximate surface area is 212 Å². The third-order valence-electron chi connectivity index (χ3n) is 5.39. The average molecular weight is 515 g/mol. The van der Waals surface area contributed by atoms with Crippen LogP contribution in [0.25, 0.3) is 0 Å². The van der Waals surface area contributed by atoms with Gasteiger partial charge in [0.25, 0.3) is 0 Å². The lowest BCUT2D eigenvalue weighted by Gasteiger charge is -2.24. The molecule has 2 aromatic rings. The number of phenols is 1. The van der Waals surface area contributed by atoms with Gasteiger partial charge in [-0.15, -0.1) is 0 Å². The number of carboxylic acids is 2. The number of nitrogens with one attached hydrogen (secondary N) is 3. The first kappa shape index (κ1) is 28.8. The Hall–Kier alpha value is -4.45. The van der Waals surface area contributed by atoms with Crippen LogP contribution in [0.5, 0.6) is 5.75 Å². The number of rotatable bonds is 14. The van der Waals surface area contributed by atoms with E-state index >= 15 is 0 Å². The van der Waals surface area contributed by atoms with Gasteiger partial charge in [0, 0.05) is 19.3 Å². The number of phenolic OH excluding ortho intramolecular Hbond substituents is 1. The van der Waals surface area contributed by atoms with E-state index in [9.17, 15) is 34.2 Å². The summed E-state index contributed by atoms with van der Waals surface area (Å²) < 4.78 is 0. The summed E-state index contributed by atoms with van der Waals surface area (Å²) in [6, 6.07) is 10.8. The van der Waals surface area contributed by atoms with Gasteiger partial charge in [0.2, 0.25) is 17.7 Å². The first-order valence-corrected chi connectivity index (χ1v) is 11.5. The molecule has 0 spiro atoms. The number of carbonyl (C=O) groups excluding carboxylic acids is 3. The molecular weight excluding hydrogens is 484 g/mol. The molecule has 2 rings (SSSR count). The Morgan fingerprint density at radius 1 is 0.730 bits per heavy atom. The fraction of sp³-hybridized carbons (Fsp3) is 0.320. The molecule has 0 bridgehead atoms. The number of carboxylic acid groups (broad SMARTS) is 2. The largest absolute Gasteiger partial charge is 0.508 e. The van der Waals surface area contributed by atoms with Crippen molar-refractivity contribution in [1.82, 2.24) is 16.0 Å². The smallest absolute Gasteiger partial charge is 0.326 e. The van der Waals surface area contributed by atoms with Crippen molar-refractivity contribution in [2.24, 2.45) is 5.73 Å². The lowest BCUT2D eigenvalue weighted by atomic mass is 10.0. The third kappa shape index (κ3) is 9.98. The number of carbonyl (C=O) groups is 5. The van der Waals surface area contributed by atoms with Crippen LogP contribution in [0.2, 0.25) is 0 Å². The van der Waals surface area contributed by atoms with Crippen molar-refractivity contribution >= 4 is 29.7 Å². The highest BCUT2D eigenvalue weighted by molar-refractivity contribution is 5.94. The maximum Gasteiger partial charge on any atom is 0.326 e. The summed E-state index contributed by atoms with van der Waals surface area (Å²) in [4.78, 5) is 60.7. The fourth-order valence-electron chi connectivity index (χ4n) is 3.46. The Kier molecular flexibility index (Phi) is 11.0. The van der Waals surface area contributed by atoms with E-state index in [-0.39, 0.29) is 31.6 Å². The predicted octanol–water partition coefficient (Wildman–Crippen LogP) is -0.460. The molecule has 12 heteroatoms. The second-order valence-corrected chi connectivity index (χ2v) is 8.28. The van der Waals surface area contributed by atoms with E-state index < -0.39 is 54.2 Å². The predicted molar refractivity (Wildman–Crippen MR) is 131 cm³/mol. The topological polar surface area (TPSA) is 208 Å². The van der Waals surface area contributed by atoms with E-state index in [0.29, 0.717) is 11.1 Å². The molecular formula is C25H30N4O8. The van der Waals surface area contributed by atoms with Crippen LogP contribution in [0, 0.1) is 0 Å². The number of aromatic hydroxyl groups is 1. The van der Waals surface area contributed by atoms with Crippen molar-refractivity contribution in [3.05, 3.63) is 65.7 Å². The van der Waals surface area contributed by atoms with Gasteiger partial charge in [0.05, 0.1) is 6.54 Å². The molecule has 0 saturated heterocycles. The minimum atomic E-state index is -1.48. The number of hydrogen-bond acceptors (Lipinski definition) is 7. The van der Waals surface area contributed by atoms with E-state index in [4.69, 9.17) is 10.8 Å². The molecule has 2 aromatic carbocycles. The molecule has 0 radical (unpaired) electrons. The van der Waals surface area contributed by atoms with Gasteiger partial charge in [-0.25, -0.2) is 4.79 Å². The minimum absolute atomic E-state index is 0.000444. The molecule has 3 amide bonds. The van der Waals surface area contributed by atoms with Gasteiger partial charge < -0.3 is 37.0 Å². The van der Waals surface area contributed by atoms with Gasteiger partial charge >= 0.3 is 11.9 Å². The minimum Gasteiger partial charge on any atom is -0.508 e. The summed E-state index contributed by atoms with van der Waals surface area (Å²) in [6.45, 7) is -0.378. The molecule has 0 aromatic heterocycles. The molecule has 37 heavy (non-hydrogen) atoms. The van der Waals surface area contributed by atoms with E-state index in [2.05, 4.69) is 16.0 Å². The van der Waals surface area contributed by atoms with Crippen molar-refractivity contribution in [1.29, 1.82) is 0 Å². The second-order valence-electron chi connectivity index (χ2n) is 8.28. The van der Waals surface area contributed by atoms with Crippen LogP contribution in [-0.4, -0.2) is 69.7 Å². The molecule has 0 aliphatic carbocycles. The summed E-state index contributed by atoms with van der Waals surface area (Å²) in [6.07, 6.45) is -0.806. The van der Waals surface area contributed by atoms with Crippen LogP contribution in [0.15, 0.2) is 54.6 Å². The first-order valence-electron chi connectivity index (χ1n) is 11.5. The van der Waals surface area contributed by atoms with Gasteiger partial charge in [-0.3, -0.25) is 19.2 Å². The summed E-state index contributed by atoms with van der Waals surface area (Å²) in [5.41, 5.74) is 6.66. The second kappa shape index (κ2) is 14.2. The van der Waals surface area contributed by atoms with Crippen molar-refractivity contribution in [3.63, 3.8) is 0 Å². The standard InChI is InChI=1S/C25H30N4O8/c26-14-21(31)27-19(13-16-6-8-17(30)9-7-16)23(34)29-20(12-15-4-2-1-3-5-15)24(35)28-18(25(36)37)10-11-22(32)33/h1-9,18-20,30H,10-14,26H2,(H,27,31)(H,28,35)(H,29,34)(H,32,33)(H,36,37). The maximum atomic E-state index is 13.2. The van der Waals surface area contributed by atoms with Crippen LogP contribution in [-0.2, 0) is 36.8 Å². The summed E-state index contributed by atoms with van der Waals surface area (Å²) in [5, 5.41) is 35.1. The molecule has 3 unspecified atom stereocenters. The summed E-state index contributed by atoms with van der Waals surface area (Å²) in [7, 11) is 0. The van der Waals surface area contributed by atoms with Crippen LogP contribution in [0.4, 0.5) is 0 Å². The first-order chi connectivity index (χ1) is 17.6. The van der Waals surface area contributed by atoms with Gasteiger partial charge in [-0.1, -0.05) is 42.5 Å². The number of aliphatic carboxylic acids is 2. The Bertz CT molecular complexity index is 1090. The average Bonchev–Trinajstić information content (AvgIpc) is 2.86. The molecule has 0 aliphatic heterocycles. The Balaban J connectivity index is 2.26. The summed E-state index contributed by atoms with van der Waals surface area (Å²) >= 11 is 0. The van der Waals surface area contributed by atoms with E-state index in [1.54, 1.807) is 42.5 Å². The van der Waals surface area contributed by atoms with Gasteiger partial charge in [-0.05, 0) is 29.7 Å². The summed E-state index contributed by atoms with van der Waals surface area (Å²) in [5.74, 6) is -4.78. The SMILES string of the molecule is NCC(=O)NC(Cc1ccc(O)cc1)C(=O)NC(Cc1ccccc1)C(=O)NC(CCC(=O)O)C(=O)O. The van der Waals surface area contributed by atoms with Crippen LogP contribution < -0.4 is 21.7 Å². The van der Waals surface area contributed by atoms with Crippen molar-refractivity contribution in [2.75, 3.05) is 6.54 Å². The zero-order chi connectivity index (χ0) is 27.4. The maximum absolute atomic E-state index is 13.2. The monoisotopic (exact) mass is 514 g/mol. The quantitative estimate of drug-likeness (QED) is 0.174. The molecule has 0 heterocycles. The molecule has 8 N–H and O–H groups in total. The van der Waals surface area contributed by atoms with Gasteiger partial charge in [0.15, 0.2) is 0 Å². The van der Waals surface area contributed by atoms with Crippen molar-refractivity contribution in [2.45, 2.75) is 43.8 Å². The van der Waals surface area contributed by atoms with E-state index in [1.807, 2.05) is 0 Å². The van der Waals surface area contributed by atoms with Crippen LogP contribution in [0.1, 0.15) is 24.0 Å². The Morgan fingerprint density at radius 2 is 1.24 bits per heavy atom. The van der Waals surface area contributed by atoms with Gasteiger partial charge in [0.1, 0.15) is 23.9 Å². The van der Waals surface area contributed by atoms with Crippen LogP contribution in [0.3, 0.4) is 0 Å². The van der Waals surface area contributed by atoms with Crippen molar-refractivity contribution in [3.8, 4) is 5.75 Å². The van der Waals surface area contributed by atoms with Crippen molar-refractivity contribution < 1.29 is 39.3 Å². The molecule has 0 aliphatic rings. The van der Waals surface area contributed by atoms with E-state index in [0.717, 1.165) is 0 Å². The molecule has 198 valence electrons. The lowest BCUT2D eigenvalue weighted by Crippen LogP contribution is -2.57.